The molecule has 2 aromatic heterocycles. The van der Waals surface area contributed by atoms with Crippen LogP contribution in [0.2, 0.25) is 5.02 Å². The molecule has 3 rings (SSSR count). The van der Waals surface area contributed by atoms with E-state index in [9.17, 15) is 4.79 Å². The van der Waals surface area contributed by atoms with E-state index < -0.39 is 0 Å². The fraction of sp³-hybridized carbons (Fsp3) is 0.316. The highest BCUT2D eigenvalue weighted by Crippen LogP contribution is 2.32. The van der Waals surface area contributed by atoms with E-state index in [2.05, 4.69) is 22.2 Å². The van der Waals surface area contributed by atoms with E-state index in [1.54, 1.807) is 18.3 Å². The van der Waals surface area contributed by atoms with E-state index in [-0.39, 0.29) is 5.91 Å². The maximum absolute atomic E-state index is 12.4. The first-order valence-corrected chi connectivity index (χ1v) is 8.90. The summed E-state index contributed by atoms with van der Waals surface area (Å²) in [6, 6.07) is 7.11. The van der Waals surface area contributed by atoms with Crippen molar-refractivity contribution in [3.8, 4) is 11.4 Å². The molecule has 0 bridgehead atoms. The zero-order valence-electron chi connectivity index (χ0n) is 15.0. The van der Waals surface area contributed by atoms with Crippen LogP contribution >= 0.6 is 11.6 Å². The Morgan fingerprint density at radius 3 is 2.92 bits per heavy atom. The molecule has 2 heterocycles. The van der Waals surface area contributed by atoms with Gasteiger partial charge in [0.15, 0.2) is 5.65 Å². The SMILES string of the molecule is CCCCNC(=O)c1cc(Cl)c(-n2c(C)nc3cccnc32)cc1OC. The maximum atomic E-state index is 12.4. The average molecular weight is 373 g/mol. The Kier molecular flexibility index (Phi) is 5.42. The van der Waals surface area contributed by atoms with Gasteiger partial charge in [-0.15, -0.1) is 0 Å². The van der Waals surface area contributed by atoms with E-state index in [4.69, 9.17) is 16.3 Å². The lowest BCUT2D eigenvalue weighted by Gasteiger charge is -2.14. The molecule has 0 atom stereocenters. The largest absolute Gasteiger partial charge is 0.496 e. The zero-order valence-corrected chi connectivity index (χ0v) is 15.8. The number of fused-ring (bicyclic) bond motifs is 1. The van der Waals surface area contributed by atoms with Crippen LogP contribution in [0.1, 0.15) is 35.9 Å². The fourth-order valence-electron chi connectivity index (χ4n) is 2.85. The van der Waals surface area contributed by atoms with Gasteiger partial charge in [-0.25, -0.2) is 9.97 Å². The Morgan fingerprint density at radius 1 is 1.38 bits per heavy atom. The highest BCUT2D eigenvalue weighted by atomic mass is 35.5. The van der Waals surface area contributed by atoms with Gasteiger partial charge < -0.3 is 10.1 Å². The number of methoxy groups -OCH3 is 1. The molecule has 0 saturated heterocycles. The number of hydrogen-bond donors (Lipinski definition) is 1. The van der Waals surface area contributed by atoms with Crippen LogP contribution in [0.3, 0.4) is 0 Å². The number of pyridine rings is 1. The molecular weight excluding hydrogens is 352 g/mol. The zero-order chi connectivity index (χ0) is 18.7. The highest BCUT2D eigenvalue weighted by molar-refractivity contribution is 6.33. The first-order chi connectivity index (χ1) is 12.6. The third kappa shape index (κ3) is 3.37. The Hall–Kier alpha value is -2.60. The van der Waals surface area contributed by atoms with Gasteiger partial charge in [-0.05, 0) is 31.5 Å². The molecule has 0 unspecified atom stereocenters. The molecule has 1 amide bonds. The molecule has 3 aromatic rings. The Morgan fingerprint density at radius 2 is 2.19 bits per heavy atom. The number of carbonyl (C=O) groups excluding carboxylic acids is 1. The van der Waals surface area contributed by atoms with E-state index in [0.717, 1.165) is 24.2 Å². The van der Waals surface area contributed by atoms with Crippen LogP contribution < -0.4 is 10.1 Å². The second-order valence-corrected chi connectivity index (χ2v) is 6.36. The predicted molar refractivity (Wildman–Crippen MR) is 102 cm³/mol. The van der Waals surface area contributed by atoms with Crippen molar-refractivity contribution in [1.82, 2.24) is 19.9 Å². The van der Waals surface area contributed by atoms with Crippen LogP contribution in [0.4, 0.5) is 0 Å². The molecule has 6 nitrogen and oxygen atoms in total. The van der Waals surface area contributed by atoms with Crippen molar-refractivity contribution in [2.45, 2.75) is 26.7 Å². The Balaban J connectivity index is 2.07. The van der Waals surface area contributed by atoms with Crippen LogP contribution in [-0.4, -0.2) is 34.1 Å². The van der Waals surface area contributed by atoms with Gasteiger partial charge in [0.1, 0.15) is 17.1 Å². The van der Waals surface area contributed by atoms with Gasteiger partial charge in [0.25, 0.3) is 5.91 Å². The van der Waals surface area contributed by atoms with Gasteiger partial charge in [-0.2, -0.15) is 0 Å². The number of nitrogens with zero attached hydrogens (tertiary/aromatic N) is 3. The van der Waals surface area contributed by atoms with Crippen molar-refractivity contribution in [2.24, 2.45) is 0 Å². The van der Waals surface area contributed by atoms with E-state index in [1.807, 2.05) is 23.6 Å². The summed E-state index contributed by atoms with van der Waals surface area (Å²) in [7, 11) is 1.53. The number of amides is 1. The lowest BCUT2D eigenvalue weighted by Crippen LogP contribution is -2.25. The first kappa shape index (κ1) is 18.2. The fourth-order valence-corrected chi connectivity index (χ4v) is 3.10. The maximum Gasteiger partial charge on any atom is 0.255 e. The monoisotopic (exact) mass is 372 g/mol. The summed E-state index contributed by atoms with van der Waals surface area (Å²) in [6.45, 7) is 4.58. The topological polar surface area (TPSA) is 69.0 Å². The number of aryl methyl sites for hydroxylation is 1. The summed E-state index contributed by atoms with van der Waals surface area (Å²) < 4.78 is 7.30. The normalized spacial score (nSPS) is 10.9. The molecule has 0 aliphatic carbocycles. The average Bonchev–Trinajstić information content (AvgIpc) is 2.97. The van der Waals surface area contributed by atoms with E-state index in [0.29, 0.717) is 34.2 Å². The van der Waals surface area contributed by atoms with Crippen molar-refractivity contribution < 1.29 is 9.53 Å². The van der Waals surface area contributed by atoms with Crippen molar-refractivity contribution in [2.75, 3.05) is 13.7 Å². The van der Waals surface area contributed by atoms with Crippen molar-refractivity contribution in [3.05, 3.63) is 46.9 Å². The molecule has 26 heavy (non-hydrogen) atoms. The number of ether oxygens (including phenoxy) is 1. The predicted octanol–water partition coefficient (Wildman–Crippen LogP) is 3.92. The van der Waals surface area contributed by atoms with Gasteiger partial charge in [0.05, 0.1) is 23.4 Å². The second kappa shape index (κ2) is 7.74. The minimum atomic E-state index is -0.200. The van der Waals surface area contributed by atoms with E-state index >= 15 is 0 Å². The third-order valence-corrected chi connectivity index (χ3v) is 4.46. The van der Waals surface area contributed by atoms with Gasteiger partial charge in [-0.3, -0.25) is 9.36 Å². The number of hydrogen-bond acceptors (Lipinski definition) is 4. The molecule has 0 spiro atoms. The minimum Gasteiger partial charge on any atom is -0.496 e. The molecule has 1 aromatic carbocycles. The summed E-state index contributed by atoms with van der Waals surface area (Å²) in [5.41, 5.74) is 2.57. The summed E-state index contributed by atoms with van der Waals surface area (Å²) >= 11 is 6.52. The molecule has 0 radical (unpaired) electrons. The molecule has 136 valence electrons. The molecular formula is C19H21ClN4O2. The smallest absolute Gasteiger partial charge is 0.255 e. The van der Waals surface area contributed by atoms with Crippen LogP contribution in [0, 0.1) is 6.92 Å². The number of carbonyl (C=O) groups is 1. The van der Waals surface area contributed by atoms with Crippen LogP contribution in [0.25, 0.3) is 16.9 Å². The Bertz CT molecular complexity index is 952. The standard InChI is InChI=1S/C19H21ClN4O2/c1-4-5-8-22-19(25)13-10-14(20)16(11-17(13)26-3)24-12(2)23-15-7-6-9-21-18(15)24/h6-7,9-11H,4-5,8H2,1-3H3,(H,22,25). The van der Waals surface area contributed by atoms with Crippen molar-refractivity contribution >= 4 is 28.7 Å². The molecule has 0 aliphatic rings. The molecule has 0 saturated carbocycles. The lowest BCUT2D eigenvalue weighted by molar-refractivity contribution is 0.0950. The summed E-state index contributed by atoms with van der Waals surface area (Å²) in [5.74, 6) is 1.01. The minimum absolute atomic E-state index is 0.200. The highest BCUT2D eigenvalue weighted by Gasteiger charge is 2.19. The van der Waals surface area contributed by atoms with E-state index in [1.165, 1.54) is 7.11 Å². The van der Waals surface area contributed by atoms with Crippen molar-refractivity contribution in [3.63, 3.8) is 0 Å². The van der Waals surface area contributed by atoms with Gasteiger partial charge in [0.2, 0.25) is 0 Å². The van der Waals surface area contributed by atoms with Gasteiger partial charge in [0, 0.05) is 18.8 Å². The number of halogens is 1. The molecule has 1 N–H and O–H groups in total. The third-order valence-electron chi connectivity index (χ3n) is 4.15. The lowest BCUT2D eigenvalue weighted by atomic mass is 10.1. The van der Waals surface area contributed by atoms with Crippen LogP contribution in [-0.2, 0) is 0 Å². The summed E-state index contributed by atoms with van der Waals surface area (Å²) in [6.07, 6.45) is 3.64. The van der Waals surface area contributed by atoms with Crippen LogP contribution in [0.15, 0.2) is 30.5 Å². The van der Waals surface area contributed by atoms with Gasteiger partial charge in [-0.1, -0.05) is 24.9 Å². The molecule has 0 aliphatic heterocycles. The number of imidazole rings is 1. The van der Waals surface area contributed by atoms with Crippen molar-refractivity contribution in [1.29, 1.82) is 0 Å². The second-order valence-electron chi connectivity index (χ2n) is 5.95. The number of rotatable bonds is 6. The quantitative estimate of drug-likeness (QED) is 0.666. The molecule has 7 heteroatoms. The Labute approximate surface area is 157 Å². The summed E-state index contributed by atoms with van der Waals surface area (Å²) in [5, 5.41) is 3.32. The number of unbranched alkanes of at least 4 members (excludes halogenated alkanes) is 1. The van der Waals surface area contributed by atoms with Crippen LogP contribution in [0.5, 0.6) is 5.75 Å². The van der Waals surface area contributed by atoms with Gasteiger partial charge >= 0.3 is 0 Å². The summed E-state index contributed by atoms with van der Waals surface area (Å²) in [4.78, 5) is 21.4. The number of benzene rings is 1. The number of aromatic nitrogens is 3. The first-order valence-electron chi connectivity index (χ1n) is 8.53. The number of nitrogens with one attached hydrogen (secondary N) is 1. The molecule has 0 fully saturated rings.